The Morgan fingerprint density at radius 3 is 2.65 bits per heavy atom. The number of hydrogen-bond acceptors (Lipinski definition) is 4. The molecular weight excluding hydrogens is 294 g/mol. The Kier molecular flexibility index (Phi) is 4.37. The van der Waals surface area contributed by atoms with Crippen LogP contribution in [-0.2, 0) is 4.79 Å². The Labute approximate surface area is 135 Å². The third kappa shape index (κ3) is 3.23. The van der Waals surface area contributed by atoms with Crippen molar-refractivity contribution >= 4 is 5.91 Å². The maximum Gasteiger partial charge on any atom is 0.265 e. The lowest BCUT2D eigenvalue weighted by atomic mass is 10.1. The van der Waals surface area contributed by atoms with E-state index in [2.05, 4.69) is 5.32 Å². The number of hydrogen-bond donors (Lipinski definition) is 1. The first kappa shape index (κ1) is 15.2. The van der Waals surface area contributed by atoms with Gasteiger partial charge in [0.05, 0.1) is 13.2 Å². The fourth-order valence-corrected chi connectivity index (χ4v) is 2.56. The van der Waals surface area contributed by atoms with E-state index in [1.807, 2.05) is 49.4 Å². The first-order chi connectivity index (χ1) is 11.2. The molecule has 0 saturated carbocycles. The minimum Gasteiger partial charge on any atom is -0.496 e. The molecule has 2 aromatic rings. The SMILES string of the molecule is COc1ccccc1[C@H](C)NC(=O)[C@@H]1COc2ccccc2O1. The van der Waals surface area contributed by atoms with Gasteiger partial charge in [-0.2, -0.15) is 0 Å². The molecule has 120 valence electrons. The van der Waals surface area contributed by atoms with Gasteiger partial charge in [-0.05, 0) is 25.1 Å². The summed E-state index contributed by atoms with van der Waals surface area (Å²) in [6.07, 6.45) is -0.665. The highest BCUT2D eigenvalue weighted by Crippen LogP contribution is 2.31. The molecule has 2 atom stereocenters. The zero-order valence-corrected chi connectivity index (χ0v) is 13.1. The average molecular weight is 313 g/mol. The molecule has 1 amide bonds. The van der Waals surface area contributed by atoms with Gasteiger partial charge in [0.2, 0.25) is 6.10 Å². The van der Waals surface area contributed by atoms with Crippen LogP contribution in [0, 0.1) is 0 Å². The molecule has 23 heavy (non-hydrogen) atoms. The van der Waals surface area contributed by atoms with E-state index < -0.39 is 6.10 Å². The number of carbonyl (C=O) groups excluding carboxylic acids is 1. The lowest BCUT2D eigenvalue weighted by Gasteiger charge is -2.27. The van der Waals surface area contributed by atoms with Crippen molar-refractivity contribution in [2.24, 2.45) is 0 Å². The number of amides is 1. The van der Waals surface area contributed by atoms with E-state index in [1.54, 1.807) is 13.2 Å². The standard InChI is InChI=1S/C18H19NO4/c1-12(13-7-3-4-8-14(13)21-2)19-18(20)17-11-22-15-9-5-6-10-16(15)23-17/h3-10,12,17H,11H2,1-2H3,(H,19,20)/t12-,17-/m0/s1. The fourth-order valence-electron chi connectivity index (χ4n) is 2.56. The molecule has 0 saturated heterocycles. The molecule has 0 fully saturated rings. The zero-order valence-electron chi connectivity index (χ0n) is 13.1. The van der Waals surface area contributed by atoms with Gasteiger partial charge in [-0.3, -0.25) is 4.79 Å². The van der Waals surface area contributed by atoms with Gasteiger partial charge in [-0.15, -0.1) is 0 Å². The summed E-state index contributed by atoms with van der Waals surface area (Å²) in [5.74, 6) is 1.78. The third-order valence-corrected chi connectivity index (χ3v) is 3.77. The van der Waals surface area contributed by atoms with Crippen LogP contribution in [-0.4, -0.2) is 25.7 Å². The summed E-state index contributed by atoms with van der Waals surface area (Å²) in [6, 6.07) is 14.7. The van der Waals surface area contributed by atoms with Crippen molar-refractivity contribution in [3.8, 4) is 17.2 Å². The van der Waals surface area contributed by atoms with Crippen LogP contribution in [0.15, 0.2) is 48.5 Å². The summed E-state index contributed by atoms with van der Waals surface area (Å²) in [7, 11) is 1.61. The molecule has 0 aromatic heterocycles. The van der Waals surface area contributed by atoms with Crippen LogP contribution >= 0.6 is 0 Å². The molecule has 1 N–H and O–H groups in total. The number of nitrogens with one attached hydrogen (secondary N) is 1. The van der Waals surface area contributed by atoms with Gasteiger partial charge < -0.3 is 19.5 Å². The van der Waals surface area contributed by atoms with Gasteiger partial charge in [-0.25, -0.2) is 0 Å². The molecule has 5 heteroatoms. The third-order valence-electron chi connectivity index (χ3n) is 3.77. The molecule has 2 aromatic carbocycles. The van der Waals surface area contributed by atoms with Crippen LogP contribution in [0.3, 0.4) is 0 Å². The van der Waals surface area contributed by atoms with Gasteiger partial charge in [0.1, 0.15) is 12.4 Å². The molecule has 3 rings (SSSR count). The van der Waals surface area contributed by atoms with E-state index in [0.29, 0.717) is 11.5 Å². The summed E-state index contributed by atoms with van der Waals surface area (Å²) in [4.78, 5) is 12.4. The van der Waals surface area contributed by atoms with E-state index in [0.717, 1.165) is 11.3 Å². The maximum atomic E-state index is 12.4. The first-order valence-corrected chi connectivity index (χ1v) is 7.51. The Hall–Kier alpha value is -2.69. The molecule has 0 spiro atoms. The second-order valence-corrected chi connectivity index (χ2v) is 5.34. The van der Waals surface area contributed by atoms with Crippen LogP contribution in [0.2, 0.25) is 0 Å². The molecule has 1 heterocycles. The smallest absolute Gasteiger partial charge is 0.265 e. The quantitative estimate of drug-likeness (QED) is 0.943. The highest BCUT2D eigenvalue weighted by molar-refractivity contribution is 5.82. The molecule has 0 radical (unpaired) electrons. The Morgan fingerprint density at radius 2 is 1.87 bits per heavy atom. The number of carbonyl (C=O) groups is 1. The number of para-hydroxylation sites is 3. The van der Waals surface area contributed by atoms with Crippen molar-refractivity contribution in [3.05, 3.63) is 54.1 Å². The van der Waals surface area contributed by atoms with Crippen LogP contribution in [0.4, 0.5) is 0 Å². The largest absolute Gasteiger partial charge is 0.496 e. The van der Waals surface area contributed by atoms with E-state index in [4.69, 9.17) is 14.2 Å². The van der Waals surface area contributed by atoms with E-state index in [-0.39, 0.29) is 18.6 Å². The molecular formula is C18H19NO4. The fraction of sp³-hybridized carbons (Fsp3) is 0.278. The van der Waals surface area contributed by atoms with Gasteiger partial charge in [0, 0.05) is 5.56 Å². The number of benzene rings is 2. The molecule has 5 nitrogen and oxygen atoms in total. The van der Waals surface area contributed by atoms with Crippen molar-refractivity contribution in [1.82, 2.24) is 5.32 Å². The molecule has 1 aliphatic rings. The molecule has 0 unspecified atom stereocenters. The second kappa shape index (κ2) is 6.60. The predicted octanol–water partition coefficient (Wildman–Crippen LogP) is 2.71. The molecule has 1 aliphatic heterocycles. The van der Waals surface area contributed by atoms with Gasteiger partial charge in [0.25, 0.3) is 5.91 Å². The monoisotopic (exact) mass is 313 g/mol. The normalized spacial score (nSPS) is 17.2. The predicted molar refractivity (Wildman–Crippen MR) is 85.9 cm³/mol. The summed E-state index contributed by atoms with van der Waals surface area (Å²) in [5.41, 5.74) is 0.917. The van der Waals surface area contributed by atoms with Crippen molar-refractivity contribution in [2.45, 2.75) is 19.1 Å². The van der Waals surface area contributed by atoms with Gasteiger partial charge in [-0.1, -0.05) is 30.3 Å². The topological polar surface area (TPSA) is 56.8 Å². The minimum atomic E-state index is -0.665. The van der Waals surface area contributed by atoms with Crippen LogP contribution < -0.4 is 19.5 Å². The summed E-state index contributed by atoms with van der Waals surface area (Å²) >= 11 is 0. The van der Waals surface area contributed by atoms with Crippen LogP contribution in [0.5, 0.6) is 17.2 Å². The minimum absolute atomic E-state index is 0.195. The summed E-state index contributed by atoms with van der Waals surface area (Å²) < 4.78 is 16.6. The van der Waals surface area contributed by atoms with Crippen molar-refractivity contribution in [3.63, 3.8) is 0 Å². The Bertz CT molecular complexity index is 701. The highest BCUT2D eigenvalue weighted by atomic mass is 16.6. The van der Waals surface area contributed by atoms with Crippen LogP contribution in [0.25, 0.3) is 0 Å². The number of ether oxygens (including phenoxy) is 3. The van der Waals surface area contributed by atoms with Crippen LogP contribution in [0.1, 0.15) is 18.5 Å². The molecule has 0 aliphatic carbocycles. The van der Waals surface area contributed by atoms with Crippen molar-refractivity contribution in [2.75, 3.05) is 13.7 Å². The van der Waals surface area contributed by atoms with Crippen molar-refractivity contribution in [1.29, 1.82) is 0 Å². The lowest BCUT2D eigenvalue weighted by molar-refractivity contribution is -0.131. The Morgan fingerprint density at radius 1 is 1.17 bits per heavy atom. The molecule has 0 bridgehead atoms. The average Bonchev–Trinajstić information content (AvgIpc) is 2.61. The van der Waals surface area contributed by atoms with E-state index >= 15 is 0 Å². The van der Waals surface area contributed by atoms with E-state index in [1.165, 1.54) is 0 Å². The summed E-state index contributed by atoms with van der Waals surface area (Å²) in [5, 5.41) is 2.95. The van der Waals surface area contributed by atoms with Crippen molar-refractivity contribution < 1.29 is 19.0 Å². The summed E-state index contributed by atoms with van der Waals surface area (Å²) in [6.45, 7) is 2.11. The zero-order chi connectivity index (χ0) is 16.2. The number of rotatable bonds is 4. The first-order valence-electron chi connectivity index (χ1n) is 7.51. The number of fused-ring (bicyclic) bond motifs is 1. The van der Waals surface area contributed by atoms with Gasteiger partial charge in [0.15, 0.2) is 11.5 Å². The highest BCUT2D eigenvalue weighted by Gasteiger charge is 2.28. The second-order valence-electron chi connectivity index (χ2n) is 5.34. The Balaban J connectivity index is 1.68. The van der Waals surface area contributed by atoms with Gasteiger partial charge >= 0.3 is 0 Å². The maximum absolute atomic E-state index is 12.4. The number of methoxy groups -OCH3 is 1. The van der Waals surface area contributed by atoms with E-state index in [9.17, 15) is 4.79 Å². The lowest BCUT2D eigenvalue weighted by Crippen LogP contribution is -2.44.